The maximum absolute atomic E-state index is 12.3. The highest BCUT2D eigenvalue weighted by atomic mass is 16.5. The van der Waals surface area contributed by atoms with Crippen LogP contribution in [0.5, 0.6) is 0 Å². The minimum Gasteiger partial charge on any atom is -0.368 e. The third-order valence-electron chi connectivity index (χ3n) is 4.24. The zero-order valence-corrected chi connectivity index (χ0v) is 13.2. The van der Waals surface area contributed by atoms with E-state index in [0.717, 1.165) is 16.3 Å². The Kier molecular flexibility index (Phi) is 4.06. The molecule has 1 saturated heterocycles. The van der Waals surface area contributed by atoms with Gasteiger partial charge >= 0.3 is 6.03 Å². The minimum absolute atomic E-state index is 0.155. The molecule has 0 saturated carbocycles. The van der Waals surface area contributed by atoms with Crippen molar-refractivity contribution in [3.63, 3.8) is 0 Å². The van der Waals surface area contributed by atoms with E-state index in [1.54, 1.807) is 22.9 Å². The number of likely N-dealkylation sites (tertiary alicyclic amines) is 1. The quantitative estimate of drug-likeness (QED) is 0.687. The van der Waals surface area contributed by atoms with E-state index in [4.69, 9.17) is 4.74 Å². The van der Waals surface area contributed by atoms with Crippen LogP contribution < -0.4 is 0 Å². The van der Waals surface area contributed by atoms with Gasteiger partial charge in [-0.3, -0.25) is 9.89 Å². The van der Waals surface area contributed by atoms with Crippen molar-refractivity contribution in [2.75, 3.05) is 20.2 Å². The number of carbonyl (C=O) groups is 1. The average molecular weight is 316 g/mol. The van der Waals surface area contributed by atoms with Gasteiger partial charge in [-0.1, -0.05) is 30.3 Å². The first kappa shape index (κ1) is 15.5. The number of hydrogen-bond donors (Lipinski definition) is 1. The standard InChI is InChI=1S/C16H20N4O3/c1-18-14(8-9-17-18)16(23-2)11-19(12-16)15(21)20(22)10-13-6-4-3-5-7-13/h3-9,22H,10-12H2,1-2H3. The van der Waals surface area contributed by atoms with Crippen LogP contribution in [0.1, 0.15) is 11.3 Å². The summed E-state index contributed by atoms with van der Waals surface area (Å²) in [6.45, 7) is 0.920. The third kappa shape index (κ3) is 2.80. The molecular formula is C16H20N4O3. The van der Waals surface area contributed by atoms with Crippen LogP contribution in [-0.2, 0) is 23.9 Å². The second-order valence-electron chi connectivity index (χ2n) is 5.72. The van der Waals surface area contributed by atoms with E-state index in [0.29, 0.717) is 13.1 Å². The Morgan fingerprint density at radius 3 is 2.61 bits per heavy atom. The highest BCUT2D eigenvalue weighted by Gasteiger charge is 2.49. The summed E-state index contributed by atoms with van der Waals surface area (Å²) in [5.74, 6) is 0. The van der Waals surface area contributed by atoms with Crippen LogP contribution in [0.15, 0.2) is 42.6 Å². The summed E-state index contributed by atoms with van der Waals surface area (Å²) in [5, 5.41) is 14.9. The van der Waals surface area contributed by atoms with Crippen LogP contribution in [0, 0.1) is 0 Å². The summed E-state index contributed by atoms with van der Waals surface area (Å²) < 4.78 is 7.36. The molecule has 0 spiro atoms. The zero-order chi connectivity index (χ0) is 16.4. The van der Waals surface area contributed by atoms with Crippen LogP contribution in [0.25, 0.3) is 0 Å². The molecule has 7 heteroatoms. The Labute approximate surface area is 134 Å². The van der Waals surface area contributed by atoms with E-state index < -0.39 is 11.6 Å². The van der Waals surface area contributed by atoms with Crippen molar-refractivity contribution in [2.24, 2.45) is 7.05 Å². The number of aromatic nitrogens is 2. The monoisotopic (exact) mass is 316 g/mol. The molecule has 23 heavy (non-hydrogen) atoms. The van der Waals surface area contributed by atoms with E-state index in [9.17, 15) is 10.0 Å². The predicted octanol–water partition coefficient (Wildman–Crippen LogP) is 1.59. The summed E-state index contributed by atoms with van der Waals surface area (Å²) in [5.41, 5.74) is 1.22. The van der Waals surface area contributed by atoms with E-state index in [1.807, 2.05) is 43.4 Å². The number of ether oxygens (including phenoxy) is 1. The Morgan fingerprint density at radius 1 is 1.35 bits per heavy atom. The molecule has 1 aliphatic rings. The molecule has 2 amide bonds. The fourth-order valence-corrected chi connectivity index (χ4v) is 2.91. The van der Waals surface area contributed by atoms with Crippen LogP contribution >= 0.6 is 0 Å². The van der Waals surface area contributed by atoms with Gasteiger partial charge in [-0.2, -0.15) is 5.10 Å². The first-order chi connectivity index (χ1) is 11.1. The number of hydroxylamine groups is 2. The molecule has 1 aromatic heterocycles. The van der Waals surface area contributed by atoms with Gasteiger partial charge in [-0.05, 0) is 11.6 Å². The molecule has 0 unspecified atom stereocenters. The topological polar surface area (TPSA) is 70.8 Å². The van der Waals surface area contributed by atoms with E-state index in [2.05, 4.69) is 5.10 Å². The van der Waals surface area contributed by atoms with Gasteiger partial charge in [0.15, 0.2) is 0 Å². The third-order valence-corrected chi connectivity index (χ3v) is 4.24. The SMILES string of the molecule is COC1(c2ccnn2C)CN(C(=O)N(O)Cc2ccccc2)C1. The van der Waals surface area contributed by atoms with Gasteiger partial charge in [-0.15, -0.1) is 0 Å². The van der Waals surface area contributed by atoms with Crippen molar-refractivity contribution < 1.29 is 14.7 Å². The van der Waals surface area contributed by atoms with Crippen LogP contribution in [0.4, 0.5) is 4.79 Å². The van der Waals surface area contributed by atoms with Crippen LogP contribution in [0.3, 0.4) is 0 Å². The number of rotatable bonds is 4. The van der Waals surface area contributed by atoms with Crippen molar-refractivity contribution in [2.45, 2.75) is 12.1 Å². The van der Waals surface area contributed by atoms with Crippen molar-refractivity contribution >= 4 is 6.03 Å². The highest BCUT2D eigenvalue weighted by Crippen LogP contribution is 2.35. The van der Waals surface area contributed by atoms with Gasteiger partial charge in [0.05, 0.1) is 25.3 Å². The van der Waals surface area contributed by atoms with E-state index in [-0.39, 0.29) is 6.54 Å². The summed E-state index contributed by atoms with van der Waals surface area (Å²) in [7, 11) is 3.46. The second-order valence-corrected chi connectivity index (χ2v) is 5.72. The van der Waals surface area contributed by atoms with Gasteiger partial charge in [0, 0.05) is 20.4 Å². The molecule has 0 radical (unpaired) electrons. The minimum atomic E-state index is -0.561. The zero-order valence-electron chi connectivity index (χ0n) is 13.2. The fourth-order valence-electron chi connectivity index (χ4n) is 2.91. The molecule has 3 rings (SSSR count). The number of urea groups is 1. The maximum atomic E-state index is 12.3. The molecule has 1 aliphatic heterocycles. The first-order valence-corrected chi connectivity index (χ1v) is 7.38. The number of benzene rings is 1. The van der Waals surface area contributed by atoms with Crippen molar-refractivity contribution in [3.05, 3.63) is 53.9 Å². The number of aryl methyl sites for hydroxylation is 1. The molecular weight excluding hydrogens is 296 g/mol. The molecule has 7 nitrogen and oxygen atoms in total. The lowest BCUT2D eigenvalue weighted by atomic mass is 9.90. The van der Waals surface area contributed by atoms with Gasteiger partial charge in [0.1, 0.15) is 5.60 Å². The summed E-state index contributed by atoms with van der Waals surface area (Å²) in [6, 6.07) is 10.8. The first-order valence-electron chi connectivity index (χ1n) is 7.38. The number of methoxy groups -OCH3 is 1. The normalized spacial score (nSPS) is 16.0. The summed E-state index contributed by atoms with van der Waals surface area (Å²) in [4.78, 5) is 13.9. The van der Waals surface area contributed by atoms with E-state index >= 15 is 0 Å². The summed E-state index contributed by atoms with van der Waals surface area (Å²) in [6.07, 6.45) is 1.70. The van der Waals surface area contributed by atoms with Crippen molar-refractivity contribution in [1.82, 2.24) is 19.7 Å². The molecule has 122 valence electrons. The maximum Gasteiger partial charge on any atom is 0.344 e. The molecule has 1 aromatic carbocycles. The van der Waals surface area contributed by atoms with Gasteiger partial charge in [0.25, 0.3) is 0 Å². The smallest absolute Gasteiger partial charge is 0.344 e. The lowest BCUT2D eigenvalue weighted by Crippen LogP contribution is -2.64. The van der Waals surface area contributed by atoms with Crippen LogP contribution in [0.2, 0.25) is 0 Å². The molecule has 1 N–H and O–H groups in total. The summed E-state index contributed by atoms with van der Waals surface area (Å²) >= 11 is 0. The van der Waals surface area contributed by atoms with Crippen LogP contribution in [-0.4, -0.2) is 51.2 Å². The number of nitrogens with zero attached hydrogens (tertiary/aromatic N) is 4. The Balaban J connectivity index is 1.64. The fraction of sp³-hybridized carbons (Fsp3) is 0.375. The lowest BCUT2D eigenvalue weighted by molar-refractivity contribution is -0.140. The average Bonchev–Trinajstić information content (AvgIpc) is 2.94. The Hall–Kier alpha value is -2.38. The lowest BCUT2D eigenvalue weighted by Gasteiger charge is -2.49. The van der Waals surface area contributed by atoms with Crippen molar-refractivity contribution in [3.8, 4) is 0 Å². The largest absolute Gasteiger partial charge is 0.368 e. The van der Waals surface area contributed by atoms with E-state index in [1.165, 1.54) is 0 Å². The molecule has 2 aromatic rings. The highest BCUT2D eigenvalue weighted by molar-refractivity contribution is 5.74. The van der Waals surface area contributed by atoms with Gasteiger partial charge in [0.2, 0.25) is 0 Å². The number of amides is 2. The Bertz CT molecular complexity index is 680. The molecule has 0 atom stereocenters. The number of hydrogen-bond acceptors (Lipinski definition) is 4. The molecule has 2 heterocycles. The molecule has 0 bridgehead atoms. The van der Waals surface area contributed by atoms with Gasteiger partial charge in [-0.25, -0.2) is 9.86 Å². The van der Waals surface area contributed by atoms with Gasteiger partial charge < -0.3 is 9.64 Å². The molecule has 0 aliphatic carbocycles. The molecule has 1 fully saturated rings. The number of carbonyl (C=O) groups excluding carboxylic acids is 1. The van der Waals surface area contributed by atoms with Crippen molar-refractivity contribution in [1.29, 1.82) is 0 Å². The predicted molar refractivity (Wildman–Crippen MR) is 82.6 cm³/mol. The Morgan fingerprint density at radius 2 is 2.04 bits per heavy atom. The second kappa shape index (κ2) is 6.02.